The van der Waals surface area contributed by atoms with E-state index in [1.165, 1.54) is 14.2 Å². The quantitative estimate of drug-likeness (QED) is 0.155. The SMILES string of the molecule is COC(=O)OC12COC1CC(C)C1(C)C(=O)C(O)C3=C(C)C(O)CC(O)(C(C)C21)C3(C)C.COC(=O)OC12COC1CC(O)C1(C)C(=O)C(O)C3=C(C)C(O)CC(O)(C(C)C21)C3(C)C. The van der Waals surface area contributed by atoms with Crippen molar-refractivity contribution < 1.29 is 83.3 Å². The van der Waals surface area contributed by atoms with E-state index in [9.17, 15) is 54.9 Å². The molecular formula is C47H70O17. The smallest absolute Gasteiger partial charge is 0.438 e. The third-order valence-electron chi connectivity index (χ3n) is 19.0. The molecule has 0 amide bonds. The number of ether oxygens (including phenoxy) is 6. The van der Waals surface area contributed by atoms with Crippen LogP contribution < -0.4 is 0 Å². The molecule has 4 saturated carbocycles. The fraction of sp³-hybridized carbons (Fsp3) is 0.830. The fourth-order valence-corrected chi connectivity index (χ4v) is 14.9. The molecule has 18 unspecified atom stereocenters. The van der Waals surface area contributed by atoms with Crippen molar-refractivity contribution in [2.45, 2.75) is 167 Å². The number of carbonyl (C=O) groups excluding carboxylic acids is 4. The van der Waals surface area contributed by atoms with Crippen LogP contribution in [0.15, 0.2) is 22.3 Å². The van der Waals surface area contributed by atoms with E-state index < -0.39 is 129 Å². The van der Waals surface area contributed by atoms with E-state index in [1.807, 2.05) is 34.6 Å². The van der Waals surface area contributed by atoms with Gasteiger partial charge in [0.2, 0.25) is 0 Å². The lowest BCUT2D eigenvalue weighted by atomic mass is 9.41. The van der Waals surface area contributed by atoms with Gasteiger partial charge in [-0.25, -0.2) is 9.59 Å². The van der Waals surface area contributed by atoms with Crippen LogP contribution in [0.5, 0.6) is 0 Å². The Morgan fingerprint density at radius 3 is 1.33 bits per heavy atom. The molecule has 0 aromatic rings. The molecule has 2 aliphatic heterocycles. The Labute approximate surface area is 374 Å². The van der Waals surface area contributed by atoms with Crippen molar-refractivity contribution in [1.82, 2.24) is 0 Å². The predicted octanol–water partition coefficient (Wildman–Crippen LogP) is 2.70. The minimum Gasteiger partial charge on any atom is -0.438 e. The summed E-state index contributed by atoms with van der Waals surface area (Å²) in [6.07, 6.45) is -8.83. The molecule has 0 aromatic heterocycles. The number of hydrogen-bond donors (Lipinski definition) is 7. The number of aliphatic hydroxyl groups is 7. The molecule has 17 heteroatoms. The molecule has 8 aliphatic rings. The highest BCUT2D eigenvalue weighted by molar-refractivity contribution is 5.94. The van der Waals surface area contributed by atoms with Crippen LogP contribution in [0.25, 0.3) is 0 Å². The summed E-state index contributed by atoms with van der Waals surface area (Å²) in [6.45, 7) is 19.4. The first-order chi connectivity index (χ1) is 29.4. The van der Waals surface area contributed by atoms with E-state index in [0.29, 0.717) is 23.1 Å². The molecule has 0 spiro atoms. The van der Waals surface area contributed by atoms with Crippen LogP contribution in [-0.4, -0.2) is 152 Å². The Morgan fingerprint density at radius 2 is 0.969 bits per heavy atom. The Morgan fingerprint density at radius 1 is 0.609 bits per heavy atom. The summed E-state index contributed by atoms with van der Waals surface area (Å²) in [5, 5.41) is 80.0. The number of aliphatic hydroxyl groups excluding tert-OH is 5. The van der Waals surface area contributed by atoms with E-state index in [1.54, 1.807) is 41.5 Å². The first-order valence-electron chi connectivity index (χ1n) is 22.5. The van der Waals surface area contributed by atoms with Crippen molar-refractivity contribution in [3.8, 4) is 0 Å². The molecule has 0 radical (unpaired) electrons. The third-order valence-corrected chi connectivity index (χ3v) is 19.0. The highest BCUT2D eigenvalue weighted by atomic mass is 16.8. The van der Waals surface area contributed by atoms with Gasteiger partial charge in [-0.3, -0.25) is 9.59 Å². The van der Waals surface area contributed by atoms with Crippen molar-refractivity contribution >= 4 is 23.9 Å². The maximum Gasteiger partial charge on any atom is 0.508 e. The zero-order valence-electron chi connectivity index (χ0n) is 39.4. The lowest BCUT2D eigenvalue weighted by molar-refractivity contribution is -0.336. The van der Waals surface area contributed by atoms with Crippen LogP contribution in [0.1, 0.15) is 102 Å². The topological polar surface area (TPSA) is 265 Å². The van der Waals surface area contributed by atoms with Crippen LogP contribution in [0.3, 0.4) is 0 Å². The lowest BCUT2D eigenvalue weighted by Gasteiger charge is -2.68. The largest absolute Gasteiger partial charge is 0.508 e. The Bertz CT molecular complexity index is 1900. The first kappa shape index (κ1) is 48.9. The summed E-state index contributed by atoms with van der Waals surface area (Å²) >= 11 is 0. The van der Waals surface area contributed by atoms with Crippen molar-refractivity contribution in [2.75, 3.05) is 27.4 Å². The molecule has 4 bridgehead atoms. The van der Waals surface area contributed by atoms with Crippen molar-refractivity contribution in [2.24, 2.45) is 51.2 Å². The Kier molecular flexibility index (Phi) is 11.7. The highest BCUT2D eigenvalue weighted by Crippen LogP contribution is 2.68. The van der Waals surface area contributed by atoms with Gasteiger partial charge in [0, 0.05) is 47.3 Å². The van der Waals surface area contributed by atoms with Gasteiger partial charge in [-0.1, -0.05) is 55.4 Å². The molecule has 18 atom stereocenters. The molecule has 2 heterocycles. The van der Waals surface area contributed by atoms with E-state index in [0.717, 1.165) is 0 Å². The van der Waals surface area contributed by atoms with Crippen LogP contribution in [0.4, 0.5) is 9.59 Å². The number of rotatable bonds is 2. The summed E-state index contributed by atoms with van der Waals surface area (Å²) in [5.74, 6) is -4.08. The van der Waals surface area contributed by atoms with Crippen LogP contribution in [0.2, 0.25) is 0 Å². The zero-order valence-corrected chi connectivity index (χ0v) is 39.4. The number of Topliss-reactive ketones (excluding diaryl/α,β-unsaturated/α-hetero) is 2. The number of carbonyl (C=O) groups is 4. The van der Waals surface area contributed by atoms with Crippen LogP contribution >= 0.6 is 0 Å². The summed E-state index contributed by atoms with van der Waals surface area (Å²) in [6, 6.07) is 0. The second kappa shape index (κ2) is 15.3. The maximum atomic E-state index is 14.1. The molecule has 0 aromatic carbocycles. The third kappa shape index (κ3) is 5.93. The normalized spacial score (nSPS) is 49.8. The van der Waals surface area contributed by atoms with Gasteiger partial charge in [-0.15, -0.1) is 0 Å². The second-order valence-corrected chi connectivity index (χ2v) is 21.9. The molecule has 6 fully saturated rings. The lowest BCUT2D eigenvalue weighted by Crippen LogP contribution is -2.79. The maximum absolute atomic E-state index is 14.1. The molecule has 7 N–H and O–H groups in total. The van der Waals surface area contributed by atoms with E-state index in [2.05, 4.69) is 0 Å². The summed E-state index contributed by atoms with van der Waals surface area (Å²) in [5.41, 5.74) is -8.66. The zero-order chi connectivity index (χ0) is 48.0. The van der Waals surface area contributed by atoms with Gasteiger partial charge in [-0.2, -0.15) is 0 Å². The second-order valence-electron chi connectivity index (χ2n) is 21.9. The van der Waals surface area contributed by atoms with Gasteiger partial charge < -0.3 is 64.2 Å². The highest BCUT2D eigenvalue weighted by Gasteiger charge is 2.77. The van der Waals surface area contributed by atoms with Gasteiger partial charge in [0.1, 0.15) is 24.4 Å². The molecule has 360 valence electrons. The fourth-order valence-electron chi connectivity index (χ4n) is 14.9. The molecule has 17 nitrogen and oxygen atoms in total. The van der Waals surface area contributed by atoms with Gasteiger partial charge in [0.25, 0.3) is 0 Å². The average molecular weight is 907 g/mol. The van der Waals surface area contributed by atoms with Crippen molar-refractivity contribution in [1.29, 1.82) is 0 Å². The summed E-state index contributed by atoms with van der Waals surface area (Å²) < 4.78 is 32.6. The minimum atomic E-state index is -1.64. The van der Waals surface area contributed by atoms with Gasteiger partial charge >= 0.3 is 12.3 Å². The summed E-state index contributed by atoms with van der Waals surface area (Å²) in [4.78, 5) is 52.5. The van der Waals surface area contributed by atoms with Gasteiger partial charge in [0.05, 0.1) is 62.4 Å². The van der Waals surface area contributed by atoms with Gasteiger partial charge in [0.15, 0.2) is 22.8 Å². The predicted molar refractivity (Wildman–Crippen MR) is 224 cm³/mol. The van der Waals surface area contributed by atoms with Crippen LogP contribution in [0, 0.1) is 51.2 Å². The molecule has 6 aliphatic carbocycles. The van der Waals surface area contributed by atoms with E-state index in [-0.39, 0.29) is 49.8 Å². The number of hydrogen-bond acceptors (Lipinski definition) is 17. The molecular weight excluding hydrogens is 836 g/mol. The number of ketones is 2. The van der Waals surface area contributed by atoms with Gasteiger partial charge in [-0.05, 0) is 67.2 Å². The first-order valence-corrected chi connectivity index (χ1v) is 22.5. The number of methoxy groups -OCH3 is 2. The Balaban J connectivity index is 0.000000191. The summed E-state index contributed by atoms with van der Waals surface area (Å²) in [7, 11) is 2.40. The van der Waals surface area contributed by atoms with Crippen LogP contribution in [-0.2, 0) is 38.0 Å². The van der Waals surface area contributed by atoms with E-state index in [4.69, 9.17) is 28.4 Å². The van der Waals surface area contributed by atoms with E-state index >= 15 is 0 Å². The molecule has 8 rings (SSSR count). The average Bonchev–Trinajstić information content (AvgIpc) is 3.21. The monoisotopic (exact) mass is 906 g/mol. The molecule has 64 heavy (non-hydrogen) atoms. The standard InChI is InChI=1S/C24H36O8.C23H34O9/c1-11-8-15-23(10-31-15,32-20(28)30-7)18-13(3)24(29)9-14(25)12(2)16(21(24,4)5)17(26)19(27)22(11,18)6;1-10-12(24)8-23(29)11(2)17-21(5,18(27)16(26)15(10)20(23,3)4)13(25)7-14-22(17,9-31-14)32-19(28)30-6/h11,13-15,17-18,25-26,29H,8-10H2,1-7H3;11-14,16-17,24-26,29H,7-9H2,1-6H3. The van der Waals surface area contributed by atoms with Crippen molar-refractivity contribution in [3.63, 3.8) is 0 Å². The Hall–Kier alpha value is -3.00. The number of fused-ring (bicyclic) bond motifs is 10. The minimum absolute atomic E-state index is 0.0254. The van der Waals surface area contributed by atoms with Crippen molar-refractivity contribution in [3.05, 3.63) is 22.3 Å². The molecule has 2 saturated heterocycles.